The number of aromatic carboxylic acids is 1. The van der Waals surface area contributed by atoms with Crippen LogP contribution in [0.4, 0.5) is 5.88 Å². The summed E-state index contributed by atoms with van der Waals surface area (Å²) in [5.41, 5.74) is 0. The molecule has 2 saturated heterocycles. The van der Waals surface area contributed by atoms with Gasteiger partial charge in [0.15, 0.2) is 5.88 Å². The van der Waals surface area contributed by atoms with E-state index < -0.39 is 5.97 Å². The molecule has 1 atom stereocenters. The molecular weight excluding hydrogens is 248 g/mol. The zero-order valence-corrected chi connectivity index (χ0v) is 10.7. The predicted molar refractivity (Wildman–Crippen MR) is 68.7 cm³/mol. The van der Waals surface area contributed by atoms with Crippen molar-refractivity contribution in [2.24, 2.45) is 0 Å². The lowest BCUT2D eigenvalue weighted by molar-refractivity contribution is 0.0209. The molecule has 2 fully saturated rings. The van der Waals surface area contributed by atoms with Crippen LogP contribution in [0.1, 0.15) is 17.0 Å². The molecule has 1 unspecified atom stereocenters. The number of morpholine rings is 1. The highest BCUT2D eigenvalue weighted by molar-refractivity contribution is 5.84. The SMILES string of the molecule is O=C(O)c1ccc(N2CCC(N3CCOCC3)C2)o1. The van der Waals surface area contributed by atoms with Gasteiger partial charge in [-0.15, -0.1) is 0 Å². The number of hydrogen-bond donors (Lipinski definition) is 1. The zero-order valence-electron chi connectivity index (χ0n) is 10.7. The van der Waals surface area contributed by atoms with Gasteiger partial charge in [-0.1, -0.05) is 0 Å². The van der Waals surface area contributed by atoms with Crippen LogP contribution >= 0.6 is 0 Å². The molecule has 1 N–H and O–H groups in total. The molecule has 6 nitrogen and oxygen atoms in total. The number of furan rings is 1. The first-order valence-electron chi connectivity index (χ1n) is 6.64. The van der Waals surface area contributed by atoms with Crippen LogP contribution in [0.2, 0.25) is 0 Å². The average molecular weight is 266 g/mol. The first kappa shape index (κ1) is 12.5. The van der Waals surface area contributed by atoms with Gasteiger partial charge in [0.25, 0.3) is 0 Å². The number of rotatable bonds is 3. The minimum absolute atomic E-state index is 0.00447. The second-order valence-electron chi connectivity index (χ2n) is 4.98. The fourth-order valence-electron chi connectivity index (χ4n) is 2.80. The molecule has 104 valence electrons. The number of hydrogen-bond acceptors (Lipinski definition) is 5. The summed E-state index contributed by atoms with van der Waals surface area (Å²) in [6.45, 7) is 5.38. The lowest BCUT2D eigenvalue weighted by Crippen LogP contribution is -2.44. The maximum Gasteiger partial charge on any atom is 0.371 e. The summed E-state index contributed by atoms with van der Waals surface area (Å²) in [4.78, 5) is 15.4. The van der Waals surface area contributed by atoms with Gasteiger partial charge in [-0.05, 0) is 12.5 Å². The first-order valence-corrected chi connectivity index (χ1v) is 6.64. The Morgan fingerprint density at radius 2 is 2.05 bits per heavy atom. The van der Waals surface area contributed by atoms with Crippen LogP contribution in [0.3, 0.4) is 0 Å². The quantitative estimate of drug-likeness (QED) is 0.876. The van der Waals surface area contributed by atoms with Crippen molar-refractivity contribution in [2.75, 3.05) is 44.3 Å². The molecule has 1 aromatic heterocycles. The molecule has 0 amide bonds. The van der Waals surface area contributed by atoms with Crippen LogP contribution in [-0.4, -0.2) is 61.4 Å². The summed E-state index contributed by atoms with van der Waals surface area (Å²) < 4.78 is 10.7. The van der Waals surface area contributed by atoms with Gasteiger partial charge < -0.3 is 19.2 Å². The van der Waals surface area contributed by atoms with E-state index in [9.17, 15) is 4.79 Å². The van der Waals surface area contributed by atoms with E-state index >= 15 is 0 Å². The molecule has 2 aliphatic rings. The molecule has 0 saturated carbocycles. The van der Waals surface area contributed by atoms with Gasteiger partial charge >= 0.3 is 5.97 Å². The van der Waals surface area contributed by atoms with Crippen LogP contribution in [0, 0.1) is 0 Å². The lowest BCUT2D eigenvalue weighted by Gasteiger charge is -2.32. The summed E-state index contributed by atoms with van der Waals surface area (Å²) in [6.07, 6.45) is 1.09. The molecule has 0 radical (unpaired) electrons. The molecule has 2 aliphatic heterocycles. The summed E-state index contributed by atoms with van der Waals surface area (Å²) in [6, 6.07) is 3.77. The van der Waals surface area contributed by atoms with E-state index in [1.807, 2.05) is 0 Å². The summed E-state index contributed by atoms with van der Waals surface area (Å²) in [7, 11) is 0. The fourth-order valence-corrected chi connectivity index (χ4v) is 2.80. The molecule has 0 aliphatic carbocycles. The number of carboxylic acids is 1. The van der Waals surface area contributed by atoms with Gasteiger partial charge in [0, 0.05) is 38.3 Å². The van der Waals surface area contributed by atoms with Gasteiger partial charge in [0.2, 0.25) is 5.76 Å². The molecule has 1 aromatic rings. The van der Waals surface area contributed by atoms with Gasteiger partial charge in [-0.25, -0.2) is 4.79 Å². The fraction of sp³-hybridized carbons (Fsp3) is 0.615. The summed E-state index contributed by atoms with van der Waals surface area (Å²) >= 11 is 0. The Hall–Kier alpha value is -1.53. The van der Waals surface area contributed by atoms with Crippen molar-refractivity contribution in [1.29, 1.82) is 0 Å². The van der Waals surface area contributed by atoms with Crippen LogP contribution in [-0.2, 0) is 4.74 Å². The third kappa shape index (κ3) is 2.59. The molecule has 3 heterocycles. The molecule has 6 heteroatoms. The Morgan fingerprint density at radius 1 is 1.26 bits per heavy atom. The highest BCUT2D eigenvalue weighted by atomic mass is 16.5. The van der Waals surface area contributed by atoms with Crippen molar-refractivity contribution >= 4 is 11.9 Å². The minimum Gasteiger partial charge on any atom is -0.475 e. The van der Waals surface area contributed by atoms with E-state index in [1.54, 1.807) is 6.07 Å². The summed E-state index contributed by atoms with van der Waals surface area (Å²) in [5.74, 6) is -0.354. The van der Waals surface area contributed by atoms with Crippen LogP contribution in [0.25, 0.3) is 0 Å². The van der Waals surface area contributed by atoms with E-state index in [4.69, 9.17) is 14.3 Å². The molecule has 19 heavy (non-hydrogen) atoms. The van der Waals surface area contributed by atoms with Gasteiger partial charge in [0.05, 0.1) is 13.2 Å². The number of anilines is 1. The predicted octanol–water partition coefficient (Wildman–Crippen LogP) is 0.889. The van der Waals surface area contributed by atoms with Crippen LogP contribution < -0.4 is 4.90 Å². The average Bonchev–Trinajstić information content (AvgIpc) is 3.09. The standard InChI is InChI=1S/C13H18N2O4/c16-13(17)11-1-2-12(19-11)15-4-3-10(9-15)14-5-7-18-8-6-14/h1-2,10H,3-9H2,(H,16,17). The van der Waals surface area contributed by atoms with E-state index in [1.165, 1.54) is 6.07 Å². The highest BCUT2D eigenvalue weighted by Gasteiger charge is 2.30. The number of carbonyl (C=O) groups is 1. The van der Waals surface area contributed by atoms with Gasteiger partial charge in [0.1, 0.15) is 0 Å². The van der Waals surface area contributed by atoms with Crippen molar-refractivity contribution in [2.45, 2.75) is 12.5 Å². The van der Waals surface area contributed by atoms with Crippen molar-refractivity contribution < 1.29 is 19.1 Å². The Morgan fingerprint density at radius 3 is 2.74 bits per heavy atom. The van der Waals surface area contributed by atoms with Gasteiger partial charge in [-0.3, -0.25) is 4.90 Å². The molecular formula is C13H18N2O4. The molecule has 3 rings (SSSR count). The maximum atomic E-state index is 10.8. The number of ether oxygens (including phenoxy) is 1. The zero-order chi connectivity index (χ0) is 13.2. The Labute approximate surface area is 111 Å². The van der Waals surface area contributed by atoms with Crippen LogP contribution in [0.15, 0.2) is 16.5 Å². The van der Waals surface area contributed by atoms with Crippen molar-refractivity contribution in [3.63, 3.8) is 0 Å². The Bertz CT molecular complexity index is 453. The smallest absolute Gasteiger partial charge is 0.371 e. The minimum atomic E-state index is -1.02. The lowest BCUT2D eigenvalue weighted by atomic mass is 10.2. The Kier molecular flexibility index (Phi) is 3.44. The first-order chi connectivity index (χ1) is 9.24. The largest absolute Gasteiger partial charge is 0.475 e. The number of nitrogens with zero attached hydrogens (tertiary/aromatic N) is 2. The maximum absolute atomic E-state index is 10.8. The van der Waals surface area contributed by atoms with E-state index in [0.29, 0.717) is 11.9 Å². The normalized spacial score (nSPS) is 24.8. The third-order valence-electron chi connectivity index (χ3n) is 3.84. The second kappa shape index (κ2) is 5.22. The molecule has 0 aromatic carbocycles. The Balaban J connectivity index is 1.62. The topological polar surface area (TPSA) is 66.2 Å². The monoisotopic (exact) mass is 266 g/mol. The highest BCUT2D eigenvalue weighted by Crippen LogP contribution is 2.25. The second-order valence-corrected chi connectivity index (χ2v) is 4.98. The van der Waals surface area contributed by atoms with E-state index in [0.717, 1.165) is 45.8 Å². The van der Waals surface area contributed by atoms with Crippen LogP contribution in [0.5, 0.6) is 0 Å². The van der Waals surface area contributed by atoms with Crippen molar-refractivity contribution in [3.05, 3.63) is 17.9 Å². The molecule has 0 spiro atoms. The van der Waals surface area contributed by atoms with Crippen molar-refractivity contribution in [3.8, 4) is 0 Å². The summed E-state index contributed by atoms with van der Waals surface area (Å²) in [5, 5.41) is 8.86. The van der Waals surface area contributed by atoms with E-state index in [-0.39, 0.29) is 5.76 Å². The van der Waals surface area contributed by atoms with Gasteiger partial charge in [-0.2, -0.15) is 0 Å². The van der Waals surface area contributed by atoms with E-state index in [2.05, 4.69) is 9.80 Å². The third-order valence-corrected chi connectivity index (χ3v) is 3.84. The molecule has 0 bridgehead atoms. The number of carboxylic acid groups (broad SMARTS) is 1. The van der Waals surface area contributed by atoms with Crippen molar-refractivity contribution in [1.82, 2.24) is 4.90 Å².